The number of urea groups is 1. The van der Waals surface area contributed by atoms with Crippen LogP contribution in [0.1, 0.15) is 124 Å². The number of methoxy groups -OCH3 is 2. The van der Waals surface area contributed by atoms with Gasteiger partial charge in [-0.15, -0.1) is 11.6 Å². The van der Waals surface area contributed by atoms with Gasteiger partial charge in [-0.05, 0) is 150 Å². The number of fused-ring (bicyclic) bond motifs is 1. The summed E-state index contributed by atoms with van der Waals surface area (Å²) in [6, 6.07) is 23.8. The molecule has 0 atom stereocenters. The van der Waals surface area contributed by atoms with Gasteiger partial charge in [0.15, 0.2) is 15.6 Å². The summed E-state index contributed by atoms with van der Waals surface area (Å²) in [6.45, 7) is 17.2. The molecule has 0 bridgehead atoms. The summed E-state index contributed by atoms with van der Waals surface area (Å²) < 4.78 is 109. The second-order valence-electron chi connectivity index (χ2n) is 25.2. The number of carbonyl (C=O) groups is 5. The average molecular weight is 1540 g/mol. The number of aryl methyl sites for hydroxylation is 5. The quantitative estimate of drug-likeness (QED) is 0.0263. The lowest BCUT2D eigenvalue weighted by Gasteiger charge is -2.19. The zero-order chi connectivity index (χ0) is 77.6. The minimum Gasteiger partial charge on any atom is -0.496 e. The number of aromatic amines is 1. The Morgan fingerprint density at radius 3 is 1.92 bits per heavy atom. The number of amides is 4. The van der Waals surface area contributed by atoms with Gasteiger partial charge in [0.25, 0.3) is 43.0 Å². The highest BCUT2D eigenvalue weighted by Crippen LogP contribution is 2.37. The van der Waals surface area contributed by atoms with Crippen molar-refractivity contribution in [1.82, 2.24) is 48.9 Å². The number of anilines is 1. The van der Waals surface area contributed by atoms with Gasteiger partial charge in [0, 0.05) is 48.7 Å². The van der Waals surface area contributed by atoms with Crippen molar-refractivity contribution in [1.29, 1.82) is 0 Å². The van der Waals surface area contributed by atoms with Crippen LogP contribution in [-0.2, 0) is 77.2 Å². The molecule has 1 fully saturated rings. The Morgan fingerprint density at radius 1 is 0.698 bits per heavy atom. The predicted molar refractivity (Wildman–Crippen MR) is 392 cm³/mol. The number of hydrogen-bond acceptors (Lipinski definition) is 23. The van der Waals surface area contributed by atoms with Crippen molar-refractivity contribution in [2.45, 2.75) is 121 Å². The summed E-state index contributed by atoms with van der Waals surface area (Å²) in [5.74, 6) is -0.862. The minimum absolute atomic E-state index is 0.00623. The van der Waals surface area contributed by atoms with Gasteiger partial charge in [-0.2, -0.15) is 15.0 Å². The number of sulfonamides is 2. The summed E-state index contributed by atoms with van der Waals surface area (Å²) in [7, 11) is -7.54. The molecule has 0 unspecified atom stereocenters. The second-order valence-corrected chi connectivity index (χ2v) is 30.9. The highest BCUT2D eigenvalue weighted by molar-refractivity contribution is 7.91. The maximum absolute atomic E-state index is 13.5. The third-order valence-electron chi connectivity index (χ3n) is 16.2. The number of hydrogen-bond donors (Lipinski definition) is 5. The molecule has 5 aromatic carbocycles. The standard InChI is InChI=1S/C23H32N2O4.C18H18N2O5S.C16H17N3O5S.C14H16ClN5O5S/c1-7-16-13-15(3)14-17(8-2)18(16)19-20(26)24-9-11-28-12-10-25(24)21(19)29-22(27)23(4,5)6;1-25-16-5-3-2-4-15(16)18(22)20-26(23,24)14-10-6-12(7-11-14)17(21)19-13-8-9-13;1-9-10(15(20)11-8-17-19(2)16(11)21)4-5-13(25(3,22)23)14(9)12-6-7-24-18-12;1-9-16-12(19-14(17-9)24-2)18-13(21)20-26(22,23)11-6-4-3-5-10(11)25-8-7-15/h13-14H,7-12H2,1-6H3;2-7,10-11,13H,8-9H2,1H3,(H,19,21)(H,20,22);4-5,8,17H,6-7H2,1-3H3;3-6H,7-8H2,1-2H3,(H2,16,17,18,19,20,21). The molecule has 0 spiro atoms. The van der Waals surface area contributed by atoms with Crippen LogP contribution in [0.25, 0.3) is 11.1 Å². The van der Waals surface area contributed by atoms with Gasteiger partial charge in [-0.25, -0.2) is 48.9 Å². The van der Waals surface area contributed by atoms with Crippen LogP contribution in [0.5, 0.6) is 23.4 Å². The SMILES string of the molecule is CCc1cc(C)cc(CC)c1-c1c(OC(=O)C(C)(C)C)n2n(c1=O)CCOCC2.COc1ccccc1C(=O)NS(=O)(=O)c1ccc(C(=O)NC2CC2)cc1.COc1nc(C)nc(NC(=O)NS(=O)(=O)c2ccccc2OCCCl)n1.Cc1c(C(=O)c2c[nH]n(C)c2=O)ccc(S(C)(=O)=O)c1C1=NOCC1. The molecule has 0 radical (unpaired) electrons. The van der Waals surface area contributed by atoms with Gasteiger partial charge in [0.1, 0.15) is 46.6 Å². The lowest BCUT2D eigenvalue weighted by molar-refractivity contribution is -0.143. The minimum atomic E-state index is -4.20. The zero-order valence-electron chi connectivity index (χ0n) is 60.4. The molecule has 1 saturated carbocycles. The van der Waals surface area contributed by atoms with Crippen molar-refractivity contribution in [2.24, 2.45) is 17.6 Å². The largest absolute Gasteiger partial charge is 0.496 e. The van der Waals surface area contributed by atoms with Gasteiger partial charge < -0.3 is 38.9 Å². The van der Waals surface area contributed by atoms with E-state index in [1.807, 2.05) is 30.2 Å². The van der Waals surface area contributed by atoms with Crippen LogP contribution in [0.2, 0.25) is 0 Å². The first-order valence-electron chi connectivity index (χ1n) is 33.2. The number of alkyl halides is 1. The Bertz CT molecular complexity index is 5110. The normalized spacial score (nSPS) is 13.3. The first-order chi connectivity index (χ1) is 50.2. The fourth-order valence-corrected chi connectivity index (χ4v) is 13.9. The number of esters is 1. The number of para-hydroxylation sites is 2. The molecule has 3 aliphatic rings. The number of ether oxygens (including phenoxy) is 5. The van der Waals surface area contributed by atoms with Gasteiger partial charge in [0.05, 0.1) is 72.9 Å². The van der Waals surface area contributed by atoms with Crippen molar-refractivity contribution in [3.8, 4) is 34.5 Å². The number of nitrogens with one attached hydrogen (secondary N) is 5. The van der Waals surface area contributed by atoms with E-state index >= 15 is 0 Å². The summed E-state index contributed by atoms with van der Waals surface area (Å²) >= 11 is 5.55. The highest BCUT2D eigenvalue weighted by atomic mass is 35.5. The summed E-state index contributed by atoms with van der Waals surface area (Å²) in [5.41, 5.74) is 5.58. The number of rotatable bonds is 21. The number of halogens is 1. The Morgan fingerprint density at radius 2 is 1.34 bits per heavy atom. The molecule has 4 amide bonds. The maximum Gasteiger partial charge on any atom is 0.335 e. The molecular weight excluding hydrogens is 1460 g/mol. The molecule has 566 valence electrons. The Hall–Kier alpha value is -10.6. The average Bonchev–Trinajstić information content (AvgIpc) is 1.56. The maximum atomic E-state index is 13.5. The van der Waals surface area contributed by atoms with E-state index in [-0.39, 0.29) is 96.6 Å². The van der Waals surface area contributed by atoms with E-state index in [2.05, 4.69) is 68.7 Å². The third-order valence-corrected chi connectivity index (χ3v) is 20.3. The summed E-state index contributed by atoms with van der Waals surface area (Å²) in [4.78, 5) is 104. The van der Waals surface area contributed by atoms with E-state index in [4.69, 9.17) is 40.1 Å². The van der Waals surface area contributed by atoms with E-state index < -0.39 is 58.6 Å². The van der Waals surface area contributed by atoms with E-state index in [0.29, 0.717) is 73.2 Å². The number of benzene rings is 5. The van der Waals surface area contributed by atoms with Crippen molar-refractivity contribution in [2.75, 3.05) is 58.1 Å². The molecule has 35 heteroatoms. The van der Waals surface area contributed by atoms with Gasteiger partial charge in [-0.3, -0.25) is 38.8 Å². The number of H-pyrrole nitrogens is 1. The molecule has 106 heavy (non-hydrogen) atoms. The molecule has 1 aliphatic carbocycles. The highest BCUT2D eigenvalue weighted by Gasteiger charge is 2.34. The number of nitrogens with zero attached hydrogens (tertiary/aromatic N) is 7. The van der Waals surface area contributed by atoms with Crippen LogP contribution in [-0.4, -0.2) is 153 Å². The lowest BCUT2D eigenvalue weighted by Crippen LogP contribution is -2.35. The Balaban J connectivity index is 0.000000179. The van der Waals surface area contributed by atoms with E-state index in [0.717, 1.165) is 48.6 Å². The molecule has 3 aromatic heterocycles. The monoisotopic (exact) mass is 1540 g/mol. The van der Waals surface area contributed by atoms with Gasteiger partial charge >= 0.3 is 18.0 Å². The van der Waals surface area contributed by atoms with Crippen molar-refractivity contribution < 1.29 is 77.7 Å². The Labute approximate surface area is 617 Å². The Kier molecular flexibility index (Phi) is 26.8. The third kappa shape index (κ3) is 20.1. The molecule has 11 rings (SSSR count). The van der Waals surface area contributed by atoms with Crippen LogP contribution < -0.4 is 50.1 Å². The molecule has 8 aromatic rings. The molecule has 5 heterocycles. The molecular formula is C71H83ClN12O19S3. The summed E-state index contributed by atoms with van der Waals surface area (Å²) in [6.07, 6.45) is 6.41. The van der Waals surface area contributed by atoms with Gasteiger partial charge in [0.2, 0.25) is 11.8 Å². The van der Waals surface area contributed by atoms with E-state index in [1.54, 1.807) is 47.5 Å². The second kappa shape index (κ2) is 35.0. The topological polar surface area (TPSA) is 407 Å². The number of carbonyl (C=O) groups excluding carboxylic acids is 5. The van der Waals surface area contributed by atoms with Crippen LogP contribution in [0.15, 0.2) is 133 Å². The van der Waals surface area contributed by atoms with E-state index in [9.17, 15) is 58.8 Å². The number of sulfone groups is 1. The first kappa shape index (κ1) is 81.1. The fourth-order valence-electron chi connectivity index (χ4n) is 10.8. The summed E-state index contributed by atoms with van der Waals surface area (Å²) in [5, 5.41) is 11.6. The van der Waals surface area contributed by atoms with Crippen LogP contribution in [0.3, 0.4) is 0 Å². The zero-order valence-corrected chi connectivity index (χ0v) is 63.6. The molecule has 0 saturated heterocycles. The molecule has 2 aliphatic heterocycles. The number of oxime groups is 1. The van der Waals surface area contributed by atoms with Crippen LogP contribution in [0.4, 0.5) is 10.7 Å². The molecule has 31 nitrogen and oxygen atoms in total. The number of aromatic nitrogens is 7. The van der Waals surface area contributed by atoms with Gasteiger partial charge in [-0.1, -0.05) is 61.0 Å². The van der Waals surface area contributed by atoms with Crippen LogP contribution in [0, 0.1) is 26.2 Å². The number of ketones is 1. The van der Waals surface area contributed by atoms with Crippen LogP contribution >= 0.6 is 11.6 Å². The molecule has 5 N–H and O–H groups in total. The van der Waals surface area contributed by atoms with E-state index in [1.165, 1.54) is 98.4 Å². The predicted octanol–water partition coefficient (Wildman–Crippen LogP) is 7.54. The fraction of sp³-hybridized carbons (Fsp3) is 0.366. The van der Waals surface area contributed by atoms with Crippen molar-refractivity contribution in [3.05, 3.63) is 180 Å². The van der Waals surface area contributed by atoms with Crippen molar-refractivity contribution in [3.63, 3.8) is 0 Å². The van der Waals surface area contributed by atoms with Crippen molar-refractivity contribution >= 4 is 82.7 Å². The first-order valence-corrected chi connectivity index (χ1v) is 38.6. The lowest BCUT2D eigenvalue weighted by atomic mass is 9.91. The smallest absolute Gasteiger partial charge is 0.335 e.